The van der Waals surface area contributed by atoms with Crippen LogP contribution in [0.1, 0.15) is 26.5 Å². The lowest BCUT2D eigenvalue weighted by atomic mass is 9.97. The Bertz CT molecular complexity index is 1330. The van der Waals surface area contributed by atoms with Crippen molar-refractivity contribution in [3.63, 3.8) is 0 Å². The molecule has 0 bridgehead atoms. The Hall–Kier alpha value is -3.96. The van der Waals surface area contributed by atoms with Gasteiger partial charge in [-0.3, -0.25) is 9.59 Å². The number of carbonyl (C=O) groups is 2. The molecular formula is C23H20N4O6S. The summed E-state index contributed by atoms with van der Waals surface area (Å²) in [5, 5.41) is 14.5. The number of hydrogen-bond acceptors (Lipinski definition) is 9. The number of phenolic OH excluding ortho intramolecular Hbond substituents is 1. The summed E-state index contributed by atoms with van der Waals surface area (Å²) < 4.78 is 30.7. The zero-order valence-corrected chi connectivity index (χ0v) is 18.8. The van der Waals surface area contributed by atoms with E-state index < -0.39 is 27.9 Å². The molecule has 1 aliphatic rings. The van der Waals surface area contributed by atoms with Gasteiger partial charge >= 0.3 is 0 Å². The van der Waals surface area contributed by atoms with Gasteiger partial charge in [0.05, 0.1) is 4.90 Å². The quantitative estimate of drug-likeness (QED) is 0.507. The number of amides is 1. The Kier molecular flexibility index (Phi) is 6.48. The van der Waals surface area contributed by atoms with E-state index in [-0.39, 0.29) is 39.1 Å². The van der Waals surface area contributed by atoms with E-state index in [2.05, 4.69) is 15.1 Å². The lowest BCUT2D eigenvalue weighted by Crippen LogP contribution is -2.41. The van der Waals surface area contributed by atoms with Gasteiger partial charge in [0.25, 0.3) is 5.91 Å². The van der Waals surface area contributed by atoms with E-state index in [9.17, 15) is 23.1 Å². The predicted octanol–water partition coefficient (Wildman–Crippen LogP) is 2.07. The van der Waals surface area contributed by atoms with Gasteiger partial charge in [-0.2, -0.15) is 10.1 Å². The number of methoxy groups -OCH3 is 1. The first-order valence-corrected chi connectivity index (χ1v) is 11.8. The summed E-state index contributed by atoms with van der Waals surface area (Å²) in [5.41, 5.74) is 0.509. The Morgan fingerprint density at radius 3 is 2.24 bits per heavy atom. The van der Waals surface area contributed by atoms with Crippen molar-refractivity contribution >= 4 is 27.7 Å². The van der Waals surface area contributed by atoms with Gasteiger partial charge in [0.2, 0.25) is 0 Å². The molecule has 34 heavy (non-hydrogen) atoms. The summed E-state index contributed by atoms with van der Waals surface area (Å²) in [6.45, 7) is 0. The number of hydrazone groups is 1. The van der Waals surface area contributed by atoms with E-state index in [0.717, 1.165) is 5.01 Å². The van der Waals surface area contributed by atoms with Gasteiger partial charge in [0.15, 0.2) is 21.8 Å². The molecule has 1 amide bonds. The highest BCUT2D eigenvalue weighted by atomic mass is 32.2. The number of aromatic nitrogens is 2. The summed E-state index contributed by atoms with van der Waals surface area (Å²) in [4.78, 5) is 33.8. The molecule has 2 aromatic carbocycles. The molecule has 10 nitrogen and oxygen atoms in total. The number of nitrogens with zero attached hydrogens (tertiary/aromatic N) is 4. The maximum atomic E-state index is 13.1. The van der Waals surface area contributed by atoms with Crippen molar-refractivity contribution in [1.29, 1.82) is 0 Å². The minimum atomic E-state index is -3.70. The molecule has 2 atom stereocenters. The minimum absolute atomic E-state index is 0.0135. The SMILES string of the molecule is COC1C(C(=O)c2ccc(S(=O)(=O)Cc3ncccn3)cc2)C=NN1C(=O)c1ccc(O)cc1. The summed E-state index contributed by atoms with van der Waals surface area (Å²) >= 11 is 0. The van der Waals surface area contributed by atoms with Crippen molar-refractivity contribution in [3.05, 3.63) is 83.9 Å². The molecule has 3 aromatic rings. The molecule has 2 unspecified atom stereocenters. The molecule has 0 aliphatic carbocycles. The van der Waals surface area contributed by atoms with Crippen molar-refractivity contribution in [2.24, 2.45) is 11.0 Å². The smallest absolute Gasteiger partial charge is 0.276 e. The van der Waals surface area contributed by atoms with Crippen LogP contribution in [0.15, 0.2) is 77.0 Å². The normalized spacial score (nSPS) is 17.6. The van der Waals surface area contributed by atoms with Crippen molar-refractivity contribution in [2.45, 2.75) is 16.9 Å². The van der Waals surface area contributed by atoms with Crippen LogP contribution in [-0.2, 0) is 20.3 Å². The highest BCUT2D eigenvalue weighted by Crippen LogP contribution is 2.26. The number of hydrogen-bond donors (Lipinski definition) is 1. The fraction of sp³-hybridized carbons (Fsp3) is 0.174. The molecule has 0 saturated heterocycles. The monoisotopic (exact) mass is 480 g/mol. The fourth-order valence-corrected chi connectivity index (χ4v) is 4.67. The molecule has 0 saturated carbocycles. The van der Waals surface area contributed by atoms with Gasteiger partial charge in [0, 0.05) is 36.8 Å². The third-order valence-electron chi connectivity index (χ3n) is 5.20. The van der Waals surface area contributed by atoms with Gasteiger partial charge in [-0.15, -0.1) is 0 Å². The maximum absolute atomic E-state index is 13.1. The fourth-order valence-electron chi connectivity index (χ4n) is 3.46. The van der Waals surface area contributed by atoms with Gasteiger partial charge in [-0.05, 0) is 42.5 Å². The van der Waals surface area contributed by atoms with E-state index in [1.165, 1.54) is 74.2 Å². The summed E-state index contributed by atoms with van der Waals surface area (Å²) in [5.74, 6) is -1.94. The first kappa shape index (κ1) is 23.2. The molecule has 11 heteroatoms. The van der Waals surface area contributed by atoms with Crippen molar-refractivity contribution in [1.82, 2.24) is 15.0 Å². The number of phenols is 1. The van der Waals surface area contributed by atoms with Gasteiger partial charge < -0.3 is 9.84 Å². The third-order valence-corrected chi connectivity index (χ3v) is 6.83. The number of aromatic hydroxyl groups is 1. The van der Waals surface area contributed by atoms with E-state index in [1.807, 2.05) is 0 Å². The van der Waals surface area contributed by atoms with Gasteiger partial charge in [-0.1, -0.05) is 12.1 Å². The first-order valence-electron chi connectivity index (χ1n) is 10.1. The number of rotatable bonds is 7. The van der Waals surface area contributed by atoms with Crippen LogP contribution < -0.4 is 0 Å². The number of sulfone groups is 1. The van der Waals surface area contributed by atoms with Gasteiger partial charge in [0.1, 0.15) is 23.2 Å². The van der Waals surface area contributed by atoms with Crippen LogP contribution in [0.3, 0.4) is 0 Å². The highest BCUT2D eigenvalue weighted by Gasteiger charge is 2.40. The topological polar surface area (TPSA) is 139 Å². The second-order valence-electron chi connectivity index (χ2n) is 7.43. The lowest BCUT2D eigenvalue weighted by molar-refractivity contribution is -0.0220. The average Bonchev–Trinajstić information content (AvgIpc) is 3.28. The van der Waals surface area contributed by atoms with Crippen molar-refractivity contribution < 1.29 is 27.9 Å². The Morgan fingerprint density at radius 1 is 1.00 bits per heavy atom. The molecule has 2 heterocycles. The van der Waals surface area contributed by atoms with Crippen LogP contribution in [0.4, 0.5) is 0 Å². The lowest BCUT2D eigenvalue weighted by Gasteiger charge is -2.24. The second-order valence-corrected chi connectivity index (χ2v) is 9.42. The Labute approximate surface area is 195 Å². The summed E-state index contributed by atoms with van der Waals surface area (Å²) in [7, 11) is -2.34. The molecule has 1 aromatic heterocycles. The molecule has 0 spiro atoms. The third kappa shape index (κ3) is 4.70. The van der Waals surface area contributed by atoms with E-state index in [0.29, 0.717) is 0 Å². The molecular weight excluding hydrogens is 460 g/mol. The van der Waals surface area contributed by atoms with Crippen molar-refractivity contribution in [2.75, 3.05) is 7.11 Å². The summed E-state index contributed by atoms with van der Waals surface area (Å²) in [6.07, 6.45) is 3.27. The van der Waals surface area contributed by atoms with Crippen LogP contribution in [0.2, 0.25) is 0 Å². The standard InChI is InChI=1S/C23H20N4O6S/c1-33-23-19(13-26-27(23)22(30)16-3-7-17(28)8-4-16)21(29)15-5-9-18(10-6-15)34(31,32)14-20-24-11-2-12-25-20/h2-13,19,23,28H,14H2,1H3. The Morgan fingerprint density at radius 2 is 1.62 bits per heavy atom. The second kappa shape index (κ2) is 9.49. The maximum Gasteiger partial charge on any atom is 0.276 e. The molecule has 0 fully saturated rings. The molecule has 1 N–H and O–H groups in total. The first-order chi connectivity index (χ1) is 16.3. The molecule has 0 radical (unpaired) electrons. The van der Waals surface area contributed by atoms with Crippen LogP contribution in [-0.4, -0.2) is 59.7 Å². The number of ether oxygens (including phenoxy) is 1. The van der Waals surface area contributed by atoms with Crippen LogP contribution in [0.25, 0.3) is 0 Å². The van der Waals surface area contributed by atoms with Crippen LogP contribution in [0.5, 0.6) is 5.75 Å². The van der Waals surface area contributed by atoms with Crippen LogP contribution >= 0.6 is 0 Å². The van der Waals surface area contributed by atoms with Crippen LogP contribution in [0, 0.1) is 5.92 Å². The number of ketones is 1. The molecule has 1 aliphatic heterocycles. The minimum Gasteiger partial charge on any atom is -0.508 e. The van der Waals surface area contributed by atoms with Gasteiger partial charge in [-0.25, -0.2) is 18.4 Å². The zero-order valence-electron chi connectivity index (χ0n) is 18.0. The number of carbonyl (C=O) groups excluding carboxylic acids is 2. The number of Topliss-reactive ketones (excluding diaryl/α,β-unsaturated/α-hetero) is 1. The molecule has 174 valence electrons. The van der Waals surface area contributed by atoms with E-state index >= 15 is 0 Å². The van der Waals surface area contributed by atoms with E-state index in [4.69, 9.17) is 4.74 Å². The average molecular weight is 481 g/mol. The highest BCUT2D eigenvalue weighted by molar-refractivity contribution is 7.90. The van der Waals surface area contributed by atoms with Crippen molar-refractivity contribution in [3.8, 4) is 5.75 Å². The summed E-state index contributed by atoms with van der Waals surface area (Å²) in [6, 6.07) is 12.7. The molecule has 4 rings (SSSR count). The largest absolute Gasteiger partial charge is 0.508 e. The Balaban J connectivity index is 1.50. The predicted molar refractivity (Wildman–Crippen MR) is 121 cm³/mol. The number of benzene rings is 2. The van der Waals surface area contributed by atoms with E-state index in [1.54, 1.807) is 6.07 Å². The zero-order chi connectivity index (χ0) is 24.3.